The van der Waals surface area contributed by atoms with Gasteiger partial charge in [-0.3, -0.25) is 4.98 Å². The van der Waals surface area contributed by atoms with Gasteiger partial charge >= 0.3 is 0 Å². The van der Waals surface area contributed by atoms with Crippen molar-refractivity contribution < 1.29 is 14.2 Å². The van der Waals surface area contributed by atoms with Crippen LogP contribution in [-0.4, -0.2) is 22.4 Å². The minimum Gasteiger partial charge on any atom is -0.480 e. The Hall–Kier alpha value is -3.44. The van der Waals surface area contributed by atoms with E-state index < -0.39 is 0 Å². The van der Waals surface area contributed by atoms with Crippen molar-refractivity contribution in [3.63, 3.8) is 0 Å². The predicted octanol–water partition coefficient (Wildman–Crippen LogP) is 6.27. The number of nitrogens with zero attached hydrogens (tertiary/aromatic N) is 2. The normalized spacial score (nSPS) is 13.6. The molecule has 0 aliphatic carbocycles. The van der Waals surface area contributed by atoms with E-state index in [4.69, 9.17) is 19.2 Å². The molecule has 1 atom stereocenters. The average Bonchev–Trinajstić information content (AvgIpc) is 3.44. The van der Waals surface area contributed by atoms with Gasteiger partial charge in [0.25, 0.3) is 0 Å². The molecular weight excluding hydrogens is 448 g/mol. The third-order valence-corrected chi connectivity index (χ3v) is 6.23. The molecule has 4 aromatic rings. The molecule has 176 valence electrons. The Morgan fingerprint density at radius 2 is 1.79 bits per heavy atom. The van der Waals surface area contributed by atoms with Crippen molar-refractivity contribution in [2.75, 3.05) is 6.79 Å². The Kier molecular flexibility index (Phi) is 7.13. The molecule has 0 radical (unpaired) electrons. The van der Waals surface area contributed by atoms with Crippen molar-refractivity contribution in [2.45, 2.75) is 39.8 Å². The largest absolute Gasteiger partial charge is 0.480 e. The summed E-state index contributed by atoms with van der Waals surface area (Å²) >= 11 is 0. The molecule has 5 nitrogen and oxygen atoms in total. The topological polar surface area (TPSA) is 45.5 Å². The highest BCUT2D eigenvalue weighted by Gasteiger charge is 2.25. The lowest BCUT2D eigenvalue weighted by Gasteiger charge is -2.20. The highest BCUT2D eigenvalue weighted by atomic mass is 35.5. The Labute approximate surface area is 206 Å². The van der Waals surface area contributed by atoms with E-state index in [-0.39, 0.29) is 25.3 Å². The molecule has 5 rings (SSSR count). The Morgan fingerprint density at radius 1 is 1.00 bits per heavy atom. The van der Waals surface area contributed by atoms with E-state index in [2.05, 4.69) is 61.7 Å². The minimum absolute atomic E-state index is 0. The third kappa shape index (κ3) is 4.75. The first-order valence-corrected chi connectivity index (χ1v) is 11.2. The Morgan fingerprint density at radius 3 is 2.53 bits per heavy atom. The number of pyridine rings is 1. The first-order valence-electron chi connectivity index (χ1n) is 11.2. The van der Waals surface area contributed by atoms with Gasteiger partial charge in [-0.15, -0.1) is 12.4 Å². The molecule has 1 aliphatic rings. The lowest BCUT2D eigenvalue weighted by Crippen LogP contribution is -2.23. The van der Waals surface area contributed by atoms with Gasteiger partial charge in [0, 0.05) is 30.9 Å². The van der Waals surface area contributed by atoms with E-state index in [1.54, 1.807) is 6.26 Å². The van der Waals surface area contributed by atoms with Crippen LogP contribution in [0, 0.1) is 20.8 Å². The summed E-state index contributed by atoms with van der Waals surface area (Å²) < 4.78 is 20.0. The van der Waals surface area contributed by atoms with Gasteiger partial charge in [0.2, 0.25) is 6.79 Å². The number of rotatable bonds is 7. The van der Waals surface area contributed by atoms with Crippen molar-refractivity contribution in [2.24, 2.45) is 0 Å². The third-order valence-electron chi connectivity index (χ3n) is 6.23. The van der Waals surface area contributed by atoms with E-state index in [9.17, 15) is 0 Å². The second kappa shape index (κ2) is 10.2. The van der Waals surface area contributed by atoms with Crippen LogP contribution in [0.1, 0.15) is 27.9 Å². The molecule has 34 heavy (non-hydrogen) atoms. The van der Waals surface area contributed by atoms with Crippen LogP contribution in [0.4, 0.5) is 0 Å². The molecule has 0 bridgehead atoms. The minimum atomic E-state index is -0.302. The number of ether oxygens (including phenoxy) is 3. The average molecular weight is 477 g/mol. The van der Waals surface area contributed by atoms with Crippen LogP contribution in [0.25, 0.3) is 11.0 Å². The van der Waals surface area contributed by atoms with Gasteiger partial charge in [-0.2, -0.15) is 0 Å². The number of halogens is 1. The molecule has 6 heteroatoms. The van der Waals surface area contributed by atoms with Crippen LogP contribution in [0.2, 0.25) is 0 Å². The van der Waals surface area contributed by atoms with Crippen molar-refractivity contribution in [1.29, 1.82) is 0 Å². The molecule has 0 N–H and O–H groups in total. The summed E-state index contributed by atoms with van der Waals surface area (Å²) in [5.41, 5.74) is 8.01. The van der Waals surface area contributed by atoms with Gasteiger partial charge in [-0.05, 0) is 37.5 Å². The second-order valence-corrected chi connectivity index (χ2v) is 8.54. The van der Waals surface area contributed by atoms with Crippen LogP contribution in [-0.2, 0) is 22.4 Å². The SMILES string of the molecule is Cc1cccc(Cn2c(C)c(C)c3nccc(OC(Cc4ccccc4)C4=COCO4)c32)c1.Cl. The van der Waals surface area contributed by atoms with Crippen LogP contribution in [0.15, 0.2) is 78.9 Å². The number of aromatic nitrogens is 2. The van der Waals surface area contributed by atoms with Crippen molar-refractivity contribution in [3.05, 3.63) is 107 Å². The summed E-state index contributed by atoms with van der Waals surface area (Å²) in [5, 5.41) is 0. The van der Waals surface area contributed by atoms with Crippen LogP contribution in [0.5, 0.6) is 5.75 Å². The number of fused-ring (bicyclic) bond motifs is 1. The van der Waals surface area contributed by atoms with E-state index in [0.29, 0.717) is 12.2 Å². The summed E-state index contributed by atoms with van der Waals surface area (Å²) in [6.07, 6.45) is 3.86. The van der Waals surface area contributed by atoms with Crippen LogP contribution in [0.3, 0.4) is 0 Å². The number of aryl methyl sites for hydroxylation is 2. The molecule has 1 aliphatic heterocycles. The summed E-state index contributed by atoms with van der Waals surface area (Å²) in [6.45, 7) is 7.37. The van der Waals surface area contributed by atoms with Gasteiger partial charge in [-0.25, -0.2) is 0 Å². The zero-order chi connectivity index (χ0) is 22.8. The first-order chi connectivity index (χ1) is 16.1. The van der Waals surface area contributed by atoms with Crippen molar-refractivity contribution in [3.8, 4) is 5.75 Å². The summed E-state index contributed by atoms with van der Waals surface area (Å²) in [4.78, 5) is 4.70. The maximum atomic E-state index is 6.65. The van der Waals surface area contributed by atoms with Gasteiger partial charge in [0.1, 0.15) is 17.5 Å². The smallest absolute Gasteiger partial charge is 0.230 e. The molecule has 3 heterocycles. The molecule has 0 amide bonds. The molecular formula is C28H29ClN2O3. The van der Waals surface area contributed by atoms with E-state index in [0.717, 1.165) is 23.3 Å². The molecule has 1 unspecified atom stereocenters. The number of hydrogen-bond donors (Lipinski definition) is 0. The molecule has 2 aromatic heterocycles. The summed E-state index contributed by atoms with van der Waals surface area (Å²) in [5.74, 6) is 1.50. The molecule has 0 saturated carbocycles. The van der Waals surface area contributed by atoms with Crippen LogP contribution < -0.4 is 4.74 Å². The zero-order valence-corrected chi connectivity index (χ0v) is 20.5. The van der Waals surface area contributed by atoms with Crippen LogP contribution >= 0.6 is 12.4 Å². The van der Waals surface area contributed by atoms with Crippen molar-refractivity contribution in [1.82, 2.24) is 9.55 Å². The number of benzene rings is 2. The summed E-state index contributed by atoms with van der Waals surface area (Å²) in [6, 6.07) is 20.9. The molecule has 0 spiro atoms. The zero-order valence-electron chi connectivity index (χ0n) is 19.7. The molecule has 0 fully saturated rings. The van der Waals surface area contributed by atoms with E-state index in [1.807, 2.05) is 30.5 Å². The highest BCUT2D eigenvalue weighted by molar-refractivity contribution is 5.86. The van der Waals surface area contributed by atoms with Gasteiger partial charge in [0.15, 0.2) is 11.9 Å². The molecule has 2 aromatic carbocycles. The fourth-order valence-corrected chi connectivity index (χ4v) is 4.40. The fourth-order valence-electron chi connectivity index (χ4n) is 4.40. The second-order valence-electron chi connectivity index (χ2n) is 8.54. The monoisotopic (exact) mass is 476 g/mol. The lowest BCUT2D eigenvalue weighted by atomic mass is 10.1. The fraction of sp³-hybridized carbons (Fsp3) is 0.250. The maximum absolute atomic E-state index is 6.65. The Bertz CT molecular complexity index is 1310. The van der Waals surface area contributed by atoms with E-state index >= 15 is 0 Å². The van der Waals surface area contributed by atoms with Gasteiger partial charge in [-0.1, -0.05) is 60.2 Å². The predicted molar refractivity (Wildman–Crippen MR) is 136 cm³/mol. The van der Waals surface area contributed by atoms with Gasteiger partial charge in [0.05, 0.1) is 5.52 Å². The van der Waals surface area contributed by atoms with E-state index in [1.165, 1.54) is 27.9 Å². The first kappa shape index (κ1) is 23.7. The standard InChI is InChI=1S/C28H28N2O3.ClH/c1-19-8-7-11-23(14-19)16-30-21(3)20(2)27-28(30)24(12-13-29-27)33-25(26-17-31-18-32-26)15-22-9-5-4-6-10-22;/h4-14,17,25H,15-16,18H2,1-3H3;1H. The van der Waals surface area contributed by atoms with Crippen molar-refractivity contribution >= 4 is 23.4 Å². The quantitative estimate of drug-likeness (QED) is 0.315. The van der Waals surface area contributed by atoms with Gasteiger partial charge < -0.3 is 18.8 Å². The lowest BCUT2D eigenvalue weighted by molar-refractivity contribution is 0.0559. The number of hydrogen-bond acceptors (Lipinski definition) is 4. The Balaban J connectivity index is 0.00000274. The highest BCUT2D eigenvalue weighted by Crippen LogP contribution is 2.33. The summed E-state index contributed by atoms with van der Waals surface area (Å²) in [7, 11) is 0. The molecule has 0 saturated heterocycles. The maximum Gasteiger partial charge on any atom is 0.230 e.